The summed E-state index contributed by atoms with van der Waals surface area (Å²) in [5.74, 6) is 0.313. The first-order chi connectivity index (χ1) is 13.0. The summed E-state index contributed by atoms with van der Waals surface area (Å²) in [5, 5.41) is 28.1. The Morgan fingerprint density at radius 2 is 1.85 bits per heavy atom. The van der Waals surface area contributed by atoms with Gasteiger partial charge >= 0.3 is 6.03 Å². The fraction of sp³-hybridized carbons (Fsp3) is 0.381. The second kappa shape index (κ2) is 10.4. The summed E-state index contributed by atoms with van der Waals surface area (Å²) < 4.78 is 0. The molecule has 0 heterocycles. The van der Waals surface area contributed by atoms with Crippen LogP contribution in [0.4, 0.5) is 10.5 Å². The molecule has 27 heavy (non-hydrogen) atoms. The number of amides is 2. The summed E-state index contributed by atoms with van der Waals surface area (Å²) in [5.41, 5.74) is 2.58. The Kier molecular flexibility index (Phi) is 7.95. The fourth-order valence-electron chi connectivity index (χ4n) is 2.90. The molecule has 0 aliphatic carbocycles. The third-order valence-corrected chi connectivity index (χ3v) is 4.49. The Labute approximate surface area is 160 Å². The van der Waals surface area contributed by atoms with Crippen LogP contribution in [-0.4, -0.2) is 29.8 Å². The number of unbranched alkanes of at least 4 members (excludes halogenated alkanes) is 1. The molecule has 0 aliphatic heterocycles. The Bertz CT molecular complexity index is 732. The highest BCUT2D eigenvalue weighted by Gasteiger charge is 2.14. The van der Waals surface area contributed by atoms with Crippen LogP contribution >= 0.6 is 0 Å². The van der Waals surface area contributed by atoms with Gasteiger partial charge in [-0.05, 0) is 54.8 Å². The SMILES string of the molecule is CCCCC(NCCc1ccc(O)cc1)c1ccc(O)c(NC(=O)NC)c1. The first-order valence-corrected chi connectivity index (χ1v) is 9.36. The van der Waals surface area contributed by atoms with Crippen LogP contribution in [0.2, 0.25) is 0 Å². The number of carbonyl (C=O) groups is 1. The molecule has 6 heteroatoms. The van der Waals surface area contributed by atoms with Crippen molar-refractivity contribution in [3.05, 3.63) is 53.6 Å². The van der Waals surface area contributed by atoms with Gasteiger partial charge in [0.2, 0.25) is 0 Å². The van der Waals surface area contributed by atoms with Crippen molar-refractivity contribution in [1.82, 2.24) is 10.6 Å². The van der Waals surface area contributed by atoms with Crippen LogP contribution in [0.5, 0.6) is 11.5 Å². The highest BCUT2D eigenvalue weighted by molar-refractivity contribution is 5.90. The second-order valence-electron chi connectivity index (χ2n) is 6.55. The van der Waals surface area contributed by atoms with Gasteiger partial charge < -0.3 is 26.2 Å². The molecule has 0 spiro atoms. The number of phenols is 2. The Morgan fingerprint density at radius 3 is 2.52 bits per heavy atom. The summed E-state index contributed by atoms with van der Waals surface area (Å²) in [7, 11) is 1.53. The smallest absolute Gasteiger partial charge is 0.319 e. The number of rotatable bonds is 9. The monoisotopic (exact) mass is 371 g/mol. The number of hydrogen-bond acceptors (Lipinski definition) is 4. The quantitative estimate of drug-likeness (QED) is 0.432. The van der Waals surface area contributed by atoms with E-state index in [0.717, 1.165) is 43.4 Å². The number of carbonyl (C=O) groups excluding carboxylic acids is 1. The van der Waals surface area contributed by atoms with Crippen LogP contribution in [0, 0.1) is 0 Å². The molecule has 1 atom stereocenters. The van der Waals surface area contributed by atoms with E-state index in [4.69, 9.17) is 0 Å². The van der Waals surface area contributed by atoms with Gasteiger partial charge in [-0.1, -0.05) is 38.0 Å². The summed E-state index contributed by atoms with van der Waals surface area (Å²) >= 11 is 0. The second-order valence-corrected chi connectivity index (χ2v) is 6.55. The van der Waals surface area contributed by atoms with Crippen molar-refractivity contribution in [1.29, 1.82) is 0 Å². The molecule has 146 valence electrons. The van der Waals surface area contributed by atoms with Crippen LogP contribution in [0.25, 0.3) is 0 Å². The zero-order chi connectivity index (χ0) is 19.6. The molecule has 2 amide bonds. The highest BCUT2D eigenvalue weighted by atomic mass is 16.3. The minimum absolute atomic E-state index is 0.0423. The predicted octanol–water partition coefficient (Wildman–Crippen LogP) is 3.91. The van der Waals surface area contributed by atoms with Gasteiger partial charge in [0.15, 0.2) is 0 Å². The molecule has 0 saturated heterocycles. The maximum Gasteiger partial charge on any atom is 0.319 e. The Hall–Kier alpha value is -2.73. The number of aromatic hydroxyl groups is 2. The Morgan fingerprint density at radius 1 is 1.11 bits per heavy atom. The fourth-order valence-corrected chi connectivity index (χ4v) is 2.90. The first-order valence-electron chi connectivity index (χ1n) is 9.36. The van der Waals surface area contributed by atoms with E-state index in [9.17, 15) is 15.0 Å². The van der Waals surface area contributed by atoms with Crippen LogP contribution in [0.15, 0.2) is 42.5 Å². The molecule has 1 unspecified atom stereocenters. The van der Waals surface area contributed by atoms with Crippen molar-refractivity contribution in [2.75, 3.05) is 18.9 Å². The number of anilines is 1. The average molecular weight is 371 g/mol. The highest BCUT2D eigenvalue weighted by Crippen LogP contribution is 2.29. The molecule has 0 aromatic heterocycles. The Balaban J connectivity index is 2.06. The van der Waals surface area contributed by atoms with E-state index in [2.05, 4.69) is 22.9 Å². The number of nitrogens with one attached hydrogen (secondary N) is 3. The van der Waals surface area contributed by atoms with Crippen molar-refractivity contribution in [3.63, 3.8) is 0 Å². The zero-order valence-corrected chi connectivity index (χ0v) is 16.0. The molecule has 0 bridgehead atoms. The number of phenolic OH excluding ortho intramolecular Hbond substituents is 2. The topological polar surface area (TPSA) is 93.6 Å². The van der Waals surface area contributed by atoms with Gasteiger partial charge in [0.05, 0.1) is 5.69 Å². The van der Waals surface area contributed by atoms with Crippen molar-refractivity contribution in [2.45, 2.75) is 38.6 Å². The lowest BCUT2D eigenvalue weighted by atomic mass is 9.99. The lowest BCUT2D eigenvalue weighted by molar-refractivity contribution is 0.254. The molecule has 5 N–H and O–H groups in total. The summed E-state index contributed by atoms with van der Waals surface area (Å²) in [6.07, 6.45) is 3.99. The van der Waals surface area contributed by atoms with Crippen molar-refractivity contribution < 1.29 is 15.0 Å². The van der Waals surface area contributed by atoms with E-state index in [1.165, 1.54) is 7.05 Å². The molecule has 2 aromatic carbocycles. The van der Waals surface area contributed by atoms with E-state index < -0.39 is 0 Å². The third-order valence-electron chi connectivity index (χ3n) is 4.49. The van der Waals surface area contributed by atoms with Crippen LogP contribution in [0.3, 0.4) is 0 Å². The minimum Gasteiger partial charge on any atom is -0.508 e. The molecule has 0 saturated carbocycles. The largest absolute Gasteiger partial charge is 0.508 e. The molecule has 2 aromatic rings. The zero-order valence-electron chi connectivity index (χ0n) is 16.0. The van der Waals surface area contributed by atoms with E-state index in [0.29, 0.717) is 5.69 Å². The van der Waals surface area contributed by atoms with Crippen molar-refractivity contribution in [2.24, 2.45) is 0 Å². The molecular weight excluding hydrogens is 342 g/mol. The molecular formula is C21H29N3O3. The average Bonchev–Trinajstić information content (AvgIpc) is 2.67. The van der Waals surface area contributed by atoms with Gasteiger partial charge in [-0.15, -0.1) is 0 Å². The van der Waals surface area contributed by atoms with Crippen LogP contribution in [0.1, 0.15) is 43.4 Å². The molecule has 0 fully saturated rings. The van der Waals surface area contributed by atoms with Gasteiger partial charge in [0, 0.05) is 13.1 Å². The van der Waals surface area contributed by atoms with E-state index >= 15 is 0 Å². The lowest BCUT2D eigenvalue weighted by Crippen LogP contribution is -2.26. The molecule has 0 radical (unpaired) electrons. The first kappa shape index (κ1) is 20.6. The van der Waals surface area contributed by atoms with Gasteiger partial charge in [-0.3, -0.25) is 0 Å². The van der Waals surface area contributed by atoms with E-state index in [1.54, 1.807) is 18.2 Å². The van der Waals surface area contributed by atoms with Gasteiger partial charge in [-0.2, -0.15) is 0 Å². The molecule has 2 rings (SSSR count). The van der Waals surface area contributed by atoms with Crippen LogP contribution in [-0.2, 0) is 6.42 Å². The van der Waals surface area contributed by atoms with Gasteiger partial charge in [0.25, 0.3) is 0 Å². The minimum atomic E-state index is -0.368. The third kappa shape index (κ3) is 6.49. The predicted molar refractivity (Wildman–Crippen MR) is 108 cm³/mol. The normalized spacial score (nSPS) is 11.8. The lowest BCUT2D eigenvalue weighted by Gasteiger charge is -2.20. The summed E-state index contributed by atoms with van der Waals surface area (Å²) in [4.78, 5) is 11.6. The summed E-state index contributed by atoms with van der Waals surface area (Å²) in [6, 6.07) is 12.3. The van der Waals surface area contributed by atoms with E-state index in [1.807, 2.05) is 24.3 Å². The maximum absolute atomic E-state index is 11.6. The number of hydrogen-bond donors (Lipinski definition) is 5. The molecule has 0 aliphatic rings. The van der Waals surface area contributed by atoms with Crippen LogP contribution < -0.4 is 16.0 Å². The van der Waals surface area contributed by atoms with Gasteiger partial charge in [-0.25, -0.2) is 4.79 Å². The van der Waals surface area contributed by atoms with Gasteiger partial charge in [0.1, 0.15) is 11.5 Å². The van der Waals surface area contributed by atoms with Crippen molar-refractivity contribution >= 4 is 11.7 Å². The standard InChI is InChI=1S/C21H29N3O3/c1-3-4-5-18(23-13-12-15-6-9-17(25)10-7-15)16-8-11-20(26)19(14-16)24-21(27)22-2/h6-11,14,18,23,25-26H,3-5,12-13H2,1-2H3,(H2,22,24,27). The number of benzene rings is 2. The van der Waals surface area contributed by atoms with Crippen molar-refractivity contribution in [3.8, 4) is 11.5 Å². The molecule has 6 nitrogen and oxygen atoms in total. The number of urea groups is 1. The maximum atomic E-state index is 11.6. The summed E-state index contributed by atoms with van der Waals surface area (Å²) in [6.45, 7) is 2.95. The van der Waals surface area contributed by atoms with E-state index in [-0.39, 0.29) is 23.6 Å².